The normalized spacial score (nSPS) is 14.8. The van der Waals surface area contributed by atoms with Crippen LogP contribution in [0.3, 0.4) is 0 Å². The summed E-state index contributed by atoms with van der Waals surface area (Å²) >= 11 is 1.21. The minimum atomic E-state index is -3.71. The van der Waals surface area contributed by atoms with Crippen molar-refractivity contribution in [3.8, 4) is 0 Å². The number of rotatable bonds is 6. The van der Waals surface area contributed by atoms with Gasteiger partial charge in [-0.3, -0.25) is 4.79 Å². The summed E-state index contributed by atoms with van der Waals surface area (Å²) in [5.41, 5.74) is 2.78. The summed E-state index contributed by atoms with van der Waals surface area (Å²) < 4.78 is 49.8. The number of carbonyl (C=O) groups is 1. The van der Waals surface area contributed by atoms with Crippen molar-refractivity contribution in [2.24, 2.45) is 4.99 Å². The van der Waals surface area contributed by atoms with Crippen LogP contribution in [0.15, 0.2) is 76.6 Å². The summed E-state index contributed by atoms with van der Waals surface area (Å²) in [5.74, 6) is -0.937. The highest BCUT2D eigenvalue weighted by Gasteiger charge is 2.28. The number of nitrogens with zero attached hydrogens (tertiary/aromatic N) is 3. The summed E-state index contributed by atoms with van der Waals surface area (Å²) in [6.45, 7) is 1.38. The molecular formula is C26H24FN3O4S2. The molecule has 4 aromatic rings. The van der Waals surface area contributed by atoms with Gasteiger partial charge < -0.3 is 9.30 Å². The molecule has 0 saturated heterocycles. The Labute approximate surface area is 212 Å². The van der Waals surface area contributed by atoms with E-state index in [0.717, 1.165) is 11.1 Å². The molecule has 3 aromatic carbocycles. The summed E-state index contributed by atoms with van der Waals surface area (Å²) in [4.78, 5) is 17.6. The van der Waals surface area contributed by atoms with Crippen molar-refractivity contribution in [2.75, 3.05) is 20.3 Å². The number of benzene rings is 3. The second-order valence-corrected chi connectivity index (χ2v) is 11.4. The van der Waals surface area contributed by atoms with E-state index in [4.69, 9.17) is 4.74 Å². The van der Waals surface area contributed by atoms with Crippen molar-refractivity contribution < 1.29 is 22.3 Å². The van der Waals surface area contributed by atoms with E-state index in [1.807, 2.05) is 24.3 Å². The van der Waals surface area contributed by atoms with E-state index in [1.54, 1.807) is 23.8 Å². The van der Waals surface area contributed by atoms with E-state index in [2.05, 4.69) is 4.99 Å². The van der Waals surface area contributed by atoms with Crippen molar-refractivity contribution in [2.45, 2.75) is 24.4 Å². The average molecular weight is 526 g/mol. The lowest BCUT2D eigenvalue weighted by Gasteiger charge is -2.28. The average Bonchev–Trinajstić information content (AvgIpc) is 3.25. The molecular weight excluding hydrogens is 501 g/mol. The lowest BCUT2D eigenvalue weighted by molar-refractivity contribution is 0.0997. The smallest absolute Gasteiger partial charge is 0.279 e. The molecule has 0 radical (unpaired) electrons. The molecule has 0 atom stereocenters. The summed E-state index contributed by atoms with van der Waals surface area (Å²) in [7, 11) is -2.16. The molecule has 5 rings (SSSR count). The van der Waals surface area contributed by atoms with Crippen molar-refractivity contribution >= 4 is 37.5 Å². The van der Waals surface area contributed by atoms with Gasteiger partial charge in [0.15, 0.2) is 4.80 Å². The molecule has 7 nitrogen and oxygen atoms in total. The van der Waals surface area contributed by atoms with E-state index >= 15 is 0 Å². The van der Waals surface area contributed by atoms with Gasteiger partial charge in [-0.05, 0) is 53.9 Å². The van der Waals surface area contributed by atoms with Gasteiger partial charge in [-0.1, -0.05) is 41.7 Å². The number of halogens is 1. The zero-order valence-electron chi connectivity index (χ0n) is 19.6. The first-order valence-corrected chi connectivity index (χ1v) is 13.7. The molecule has 0 spiro atoms. The van der Waals surface area contributed by atoms with Gasteiger partial charge in [-0.15, -0.1) is 0 Å². The molecule has 0 saturated carbocycles. The zero-order chi connectivity index (χ0) is 25.3. The minimum absolute atomic E-state index is 0.123. The molecule has 0 fully saturated rings. The van der Waals surface area contributed by atoms with Crippen molar-refractivity contribution in [1.82, 2.24) is 8.87 Å². The van der Waals surface area contributed by atoms with Gasteiger partial charge in [0.05, 0.1) is 21.7 Å². The second kappa shape index (κ2) is 10.1. The Morgan fingerprint density at radius 2 is 1.81 bits per heavy atom. The Balaban J connectivity index is 1.42. The van der Waals surface area contributed by atoms with Crippen molar-refractivity contribution in [3.63, 3.8) is 0 Å². The van der Waals surface area contributed by atoms with Crippen LogP contribution in [-0.2, 0) is 34.3 Å². The standard InChI is InChI=1S/C26H24FN3O4S2/c1-34-16-15-30-24-22(27)7-4-8-23(24)35-26(30)28-25(31)19-9-11-21(12-10-19)36(32,33)29-14-13-18-5-2-3-6-20(18)17-29/h2-12H,13-17H2,1H3. The zero-order valence-corrected chi connectivity index (χ0v) is 21.2. The largest absolute Gasteiger partial charge is 0.383 e. The molecule has 10 heteroatoms. The minimum Gasteiger partial charge on any atom is -0.383 e. The third-order valence-corrected chi connectivity index (χ3v) is 9.11. The highest BCUT2D eigenvalue weighted by atomic mass is 32.2. The van der Waals surface area contributed by atoms with E-state index < -0.39 is 21.7 Å². The summed E-state index contributed by atoms with van der Waals surface area (Å²) in [5, 5.41) is 0. The molecule has 1 aliphatic rings. The Morgan fingerprint density at radius 1 is 1.06 bits per heavy atom. The fourth-order valence-electron chi connectivity index (χ4n) is 4.31. The van der Waals surface area contributed by atoms with Crippen LogP contribution in [0.2, 0.25) is 0 Å². The van der Waals surface area contributed by atoms with Gasteiger partial charge in [-0.25, -0.2) is 12.8 Å². The maximum atomic E-state index is 14.5. The quantitative estimate of drug-likeness (QED) is 0.382. The number of thiazole rings is 1. The van der Waals surface area contributed by atoms with Crippen LogP contribution in [-0.4, -0.2) is 43.5 Å². The Morgan fingerprint density at radius 3 is 2.56 bits per heavy atom. The number of aromatic nitrogens is 1. The maximum absolute atomic E-state index is 14.5. The van der Waals surface area contributed by atoms with E-state index in [9.17, 15) is 17.6 Å². The molecule has 0 bridgehead atoms. The molecule has 0 N–H and O–H groups in total. The van der Waals surface area contributed by atoms with E-state index in [1.165, 1.54) is 46.0 Å². The second-order valence-electron chi connectivity index (χ2n) is 8.41. The number of sulfonamides is 1. The summed E-state index contributed by atoms with van der Waals surface area (Å²) in [6, 6.07) is 18.4. The first-order valence-electron chi connectivity index (χ1n) is 11.4. The number of methoxy groups -OCH3 is 1. The molecule has 1 aliphatic heterocycles. The molecule has 0 aliphatic carbocycles. The third kappa shape index (κ3) is 4.64. The van der Waals surface area contributed by atoms with Gasteiger partial charge in [0, 0.05) is 32.3 Å². The van der Waals surface area contributed by atoms with Gasteiger partial charge >= 0.3 is 0 Å². The molecule has 2 heterocycles. The van der Waals surface area contributed by atoms with Crippen molar-refractivity contribution in [3.05, 3.63) is 94.0 Å². The number of carbonyl (C=O) groups excluding carboxylic acids is 1. The number of hydrogen-bond acceptors (Lipinski definition) is 5. The number of ether oxygens (including phenoxy) is 1. The molecule has 36 heavy (non-hydrogen) atoms. The highest BCUT2D eigenvalue weighted by molar-refractivity contribution is 7.89. The van der Waals surface area contributed by atoms with E-state index in [-0.39, 0.29) is 10.5 Å². The van der Waals surface area contributed by atoms with Crippen LogP contribution < -0.4 is 4.80 Å². The molecule has 0 unspecified atom stereocenters. The predicted octanol–water partition coefficient (Wildman–Crippen LogP) is 3.98. The van der Waals surface area contributed by atoms with E-state index in [0.29, 0.717) is 47.7 Å². The number of fused-ring (bicyclic) bond motifs is 2. The fourth-order valence-corrected chi connectivity index (χ4v) is 6.79. The van der Waals surface area contributed by atoms with Crippen LogP contribution in [0, 0.1) is 5.82 Å². The van der Waals surface area contributed by atoms with Gasteiger partial charge in [0.25, 0.3) is 5.91 Å². The topological polar surface area (TPSA) is 81.0 Å². The van der Waals surface area contributed by atoms with Gasteiger partial charge in [0.1, 0.15) is 5.82 Å². The first-order chi connectivity index (χ1) is 17.4. The van der Waals surface area contributed by atoms with Crippen molar-refractivity contribution in [1.29, 1.82) is 0 Å². The molecule has 1 amide bonds. The number of amides is 1. The SMILES string of the molecule is COCCn1c(=NC(=O)c2ccc(S(=O)(=O)N3CCc4ccccc4C3)cc2)sc2cccc(F)c21. The van der Waals surface area contributed by atoms with Gasteiger partial charge in [0.2, 0.25) is 10.0 Å². The first kappa shape index (κ1) is 24.5. The predicted molar refractivity (Wildman–Crippen MR) is 136 cm³/mol. The summed E-state index contributed by atoms with van der Waals surface area (Å²) in [6.07, 6.45) is 0.656. The van der Waals surface area contributed by atoms with Crippen LogP contribution in [0.25, 0.3) is 10.2 Å². The lowest BCUT2D eigenvalue weighted by atomic mass is 10.0. The Hall–Kier alpha value is -3.18. The Kier molecular flexibility index (Phi) is 6.85. The monoisotopic (exact) mass is 525 g/mol. The fraction of sp³-hybridized carbons (Fsp3) is 0.231. The van der Waals surface area contributed by atoms with Crippen LogP contribution in [0.5, 0.6) is 0 Å². The van der Waals surface area contributed by atoms with Gasteiger partial charge in [-0.2, -0.15) is 9.30 Å². The number of para-hydroxylation sites is 1. The lowest BCUT2D eigenvalue weighted by Crippen LogP contribution is -2.35. The number of hydrogen-bond donors (Lipinski definition) is 0. The molecule has 186 valence electrons. The Bertz CT molecular complexity index is 1610. The van der Waals surface area contributed by atoms with Crippen LogP contribution in [0.4, 0.5) is 4.39 Å². The van der Waals surface area contributed by atoms with Crippen LogP contribution >= 0.6 is 11.3 Å². The third-order valence-electron chi connectivity index (χ3n) is 6.20. The molecule has 1 aromatic heterocycles. The highest BCUT2D eigenvalue weighted by Crippen LogP contribution is 2.25. The van der Waals surface area contributed by atoms with Crippen LogP contribution in [0.1, 0.15) is 21.5 Å². The maximum Gasteiger partial charge on any atom is 0.279 e.